The molecule has 0 saturated heterocycles. The molecule has 2 heteroatoms. The van der Waals surface area contributed by atoms with Crippen LogP contribution in [0.5, 0.6) is 0 Å². The average Bonchev–Trinajstić information content (AvgIpc) is 1.96. The predicted molar refractivity (Wildman–Crippen MR) is 43.8 cm³/mol. The van der Waals surface area contributed by atoms with E-state index in [1.807, 2.05) is 0 Å². The van der Waals surface area contributed by atoms with Crippen LogP contribution in [0, 0.1) is 11.8 Å². The van der Waals surface area contributed by atoms with Gasteiger partial charge in [0.05, 0.1) is 0 Å². The van der Waals surface area contributed by atoms with Crippen molar-refractivity contribution >= 4 is 5.97 Å². The third-order valence-corrected chi connectivity index (χ3v) is 0.904. The van der Waals surface area contributed by atoms with Crippen LogP contribution < -0.4 is 0 Å². The normalized spacial score (nSPS) is 7.73. The molecule has 0 aromatic carbocycles. The summed E-state index contributed by atoms with van der Waals surface area (Å²) in [4.78, 5) is 10.2. The van der Waals surface area contributed by atoms with Crippen LogP contribution in [0.15, 0.2) is 12.7 Å². The van der Waals surface area contributed by atoms with Crippen LogP contribution in [0.25, 0.3) is 0 Å². The van der Waals surface area contributed by atoms with Crippen molar-refractivity contribution in [3.63, 3.8) is 0 Å². The second-order valence-electron chi connectivity index (χ2n) is 1.94. The van der Waals surface area contributed by atoms with Crippen molar-refractivity contribution in [3.05, 3.63) is 12.7 Å². The summed E-state index contributed by atoms with van der Waals surface area (Å²) in [5.74, 6) is 5.44. The number of hydrogen-bond acceptors (Lipinski definition) is 2. The first kappa shape index (κ1) is 9.77. The zero-order valence-corrected chi connectivity index (χ0v) is 6.72. The molecule has 0 rings (SSSR count). The van der Waals surface area contributed by atoms with Crippen LogP contribution in [0.1, 0.15) is 19.8 Å². The highest BCUT2D eigenvalue weighted by Crippen LogP contribution is 1.82. The van der Waals surface area contributed by atoms with E-state index in [4.69, 9.17) is 0 Å². The van der Waals surface area contributed by atoms with Crippen LogP contribution >= 0.6 is 0 Å². The van der Waals surface area contributed by atoms with Gasteiger partial charge < -0.3 is 4.74 Å². The van der Waals surface area contributed by atoms with E-state index < -0.39 is 0 Å². The van der Waals surface area contributed by atoms with E-state index in [-0.39, 0.29) is 5.97 Å². The summed E-state index contributed by atoms with van der Waals surface area (Å²) in [6.07, 6.45) is 3.03. The maximum absolute atomic E-state index is 10.2. The van der Waals surface area contributed by atoms with Gasteiger partial charge in [0.1, 0.15) is 6.61 Å². The molecule has 0 amide bonds. The van der Waals surface area contributed by atoms with Gasteiger partial charge in [0.15, 0.2) is 0 Å². The number of esters is 1. The van der Waals surface area contributed by atoms with Crippen molar-refractivity contribution in [2.24, 2.45) is 0 Å². The lowest BCUT2D eigenvalue weighted by Crippen LogP contribution is -1.98. The van der Waals surface area contributed by atoms with Gasteiger partial charge in [0.2, 0.25) is 0 Å². The molecule has 0 unspecified atom stereocenters. The SMILES string of the molecule is C=CCC#CCCOC(C)=O. The molecule has 0 heterocycles. The van der Waals surface area contributed by atoms with Crippen molar-refractivity contribution in [2.75, 3.05) is 6.61 Å². The van der Waals surface area contributed by atoms with E-state index in [2.05, 4.69) is 23.2 Å². The monoisotopic (exact) mass is 152 g/mol. The lowest BCUT2D eigenvalue weighted by molar-refractivity contribution is -0.140. The summed E-state index contributed by atoms with van der Waals surface area (Å²) < 4.78 is 4.65. The summed E-state index contributed by atoms with van der Waals surface area (Å²) in [6, 6.07) is 0. The lowest BCUT2D eigenvalue weighted by Gasteiger charge is -1.94. The lowest BCUT2D eigenvalue weighted by atomic mass is 10.4. The van der Waals surface area contributed by atoms with Crippen molar-refractivity contribution in [2.45, 2.75) is 19.8 Å². The van der Waals surface area contributed by atoms with E-state index in [1.54, 1.807) is 6.08 Å². The van der Waals surface area contributed by atoms with Gasteiger partial charge in [0, 0.05) is 19.8 Å². The molecule has 2 nitrogen and oxygen atoms in total. The zero-order valence-electron chi connectivity index (χ0n) is 6.72. The molecule has 0 bridgehead atoms. The Hall–Kier alpha value is -1.23. The summed E-state index contributed by atoms with van der Waals surface area (Å²) in [7, 11) is 0. The van der Waals surface area contributed by atoms with Crippen molar-refractivity contribution in [1.82, 2.24) is 0 Å². The van der Waals surface area contributed by atoms with E-state index in [0.717, 1.165) is 0 Å². The highest BCUT2D eigenvalue weighted by atomic mass is 16.5. The third kappa shape index (κ3) is 8.77. The highest BCUT2D eigenvalue weighted by Gasteiger charge is 1.87. The average molecular weight is 152 g/mol. The number of allylic oxidation sites excluding steroid dienone is 1. The first-order valence-electron chi connectivity index (χ1n) is 3.47. The third-order valence-electron chi connectivity index (χ3n) is 0.904. The number of hydrogen-bond donors (Lipinski definition) is 0. The largest absolute Gasteiger partial charge is 0.465 e. The van der Waals surface area contributed by atoms with Crippen molar-refractivity contribution < 1.29 is 9.53 Å². The Morgan fingerprint density at radius 1 is 1.64 bits per heavy atom. The van der Waals surface area contributed by atoms with Crippen LogP contribution in [0.3, 0.4) is 0 Å². The Morgan fingerprint density at radius 3 is 2.91 bits per heavy atom. The van der Waals surface area contributed by atoms with Gasteiger partial charge in [-0.3, -0.25) is 4.79 Å². The molecule has 11 heavy (non-hydrogen) atoms. The predicted octanol–water partition coefficient (Wildman–Crippen LogP) is 1.52. The number of ether oxygens (including phenoxy) is 1. The maximum atomic E-state index is 10.2. The van der Waals surface area contributed by atoms with Crippen molar-refractivity contribution in [3.8, 4) is 11.8 Å². The van der Waals surface area contributed by atoms with Crippen molar-refractivity contribution in [1.29, 1.82) is 0 Å². The second-order valence-corrected chi connectivity index (χ2v) is 1.94. The standard InChI is InChI=1S/C9H12O2/c1-3-4-5-6-7-8-11-9(2)10/h3H,1,4,7-8H2,2H3. The van der Waals surface area contributed by atoms with Crippen LogP contribution in [-0.2, 0) is 9.53 Å². The van der Waals surface area contributed by atoms with Gasteiger partial charge in [-0.15, -0.1) is 6.58 Å². The number of carbonyl (C=O) groups is 1. The van der Waals surface area contributed by atoms with Gasteiger partial charge >= 0.3 is 5.97 Å². The minimum atomic E-state index is -0.254. The van der Waals surface area contributed by atoms with E-state index in [1.165, 1.54) is 6.92 Å². The Morgan fingerprint density at radius 2 is 2.36 bits per heavy atom. The first-order chi connectivity index (χ1) is 5.27. The van der Waals surface area contributed by atoms with Gasteiger partial charge in [0.25, 0.3) is 0 Å². The molecule has 0 spiro atoms. The Balaban J connectivity index is 3.21. The molecule has 0 N–H and O–H groups in total. The Labute approximate surface area is 67.2 Å². The van der Waals surface area contributed by atoms with Gasteiger partial charge in [-0.05, 0) is 0 Å². The van der Waals surface area contributed by atoms with Crippen LogP contribution in [-0.4, -0.2) is 12.6 Å². The summed E-state index contributed by atoms with van der Waals surface area (Å²) in [6.45, 7) is 5.29. The van der Waals surface area contributed by atoms with E-state index in [0.29, 0.717) is 19.4 Å². The minimum Gasteiger partial charge on any atom is -0.465 e. The minimum absolute atomic E-state index is 0.254. The first-order valence-corrected chi connectivity index (χ1v) is 3.47. The molecule has 0 aliphatic rings. The van der Waals surface area contributed by atoms with E-state index >= 15 is 0 Å². The zero-order chi connectivity index (χ0) is 8.53. The van der Waals surface area contributed by atoms with Gasteiger partial charge in [-0.2, -0.15) is 0 Å². The van der Waals surface area contributed by atoms with Crippen LogP contribution in [0.2, 0.25) is 0 Å². The molecule has 0 aromatic heterocycles. The summed E-state index contributed by atoms with van der Waals surface area (Å²) in [5, 5.41) is 0. The summed E-state index contributed by atoms with van der Waals surface area (Å²) >= 11 is 0. The fourth-order valence-electron chi connectivity index (χ4n) is 0.479. The molecular weight excluding hydrogens is 140 g/mol. The molecule has 0 fully saturated rings. The topological polar surface area (TPSA) is 26.3 Å². The molecule has 0 atom stereocenters. The molecule has 0 radical (unpaired) electrons. The molecule has 0 aliphatic carbocycles. The molecule has 0 aliphatic heterocycles. The molecule has 0 aromatic rings. The Kier molecular flexibility index (Phi) is 6.11. The van der Waals surface area contributed by atoms with E-state index in [9.17, 15) is 4.79 Å². The summed E-state index contributed by atoms with van der Waals surface area (Å²) in [5.41, 5.74) is 0. The fraction of sp³-hybridized carbons (Fsp3) is 0.444. The quantitative estimate of drug-likeness (QED) is 0.265. The van der Waals surface area contributed by atoms with Gasteiger partial charge in [-0.1, -0.05) is 17.9 Å². The second kappa shape index (κ2) is 6.88. The van der Waals surface area contributed by atoms with Gasteiger partial charge in [-0.25, -0.2) is 0 Å². The Bertz CT molecular complexity index is 183. The molecule has 0 saturated carbocycles. The smallest absolute Gasteiger partial charge is 0.302 e. The number of rotatable bonds is 3. The molecular formula is C9H12O2. The maximum Gasteiger partial charge on any atom is 0.302 e. The fourth-order valence-corrected chi connectivity index (χ4v) is 0.479. The highest BCUT2D eigenvalue weighted by molar-refractivity contribution is 5.65. The molecule has 60 valence electrons. The number of carbonyl (C=O) groups excluding carboxylic acids is 1. The van der Waals surface area contributed by atoms with Crippen LogP contribution in [0.4, 0.5) is 0 Å².